The number of nitrogen functional groups attached to an aromatic ring is 2. The molecule has 1 aliphatic rings. The van der Waals surface area contributed by atoms with E-state index >= 15 is 0 Å². The summed E-state index contributed by atoms with van der Waals surface area (Å²) in [5.74, 6) is 5.44. The van der Waals surface area contributed by atoms with Gasteiger partial charge in [-0.15, -0.1) is 0 Å². The molecule has 0 saturated heterocycles. The Morgan fingerprint density at radius 2 is 2.00 bits per heavy atom. The second-order valence-corrected chi connectivity index (χ2v) is 6.71. The molecule has 0 aliphatic heterocycles. The molecule has 1 fully saturated rings. The molecule has 6 N–H and O–H groups in total. The summed E-state index contributed by atoms with van der Waals surface area (Å²) in [6.45, 7) is 2.62. The summed E-state index contributed by atoms with van der Waals surface area (Å²) < 4.78 is 46.1. The predicted octanol–water partition coefficient (Wildman–Crippen LogP) is 3.07. The number of benzene rings is 1. The number of methoxy groups -OCH3 is 1. The average Bonchev–Trinajstić information content (AvgIpc) is 2.55. The summed E-state index contributed by atoms with van der Waals surface area (Å²) >= 11 is 0. The molecule has 0 aromatic heterocycles. The number of nitrogens with one attached hydrogen (secondary N) is 2. The first-order valence-electron chi connectivity index (χ1n) is 8.39. The highest BCUT2D eigenvalue weighted by molar-refractivity contribution is 5.72. The molecular formula is C17H27F3N4O. The largest absolute Gasteiger partial charge is 0.416 e. The quantitative estimate of drug-likeness (QED) is 0.368. The van der Waals surface area contributed by atoms with Crippen molar-refractivity contribution in [2.75, 3.05) is 31.9 Å². The number of hydrazine groups is 1. The third-order valence-electron chi connectivity index (χ3n) is 5.40. The fraction of sp³-hybridized carbons (Fsp3) is 0.647. The van der Waals surface area contributed by atoms with Crippen molar-refractivity contribution in [3.05, 3.63) is 23.3 Å². The maximum absolute atomic E-state index is 13.4. The standard InChI is InChI=1S/C17H27F3N4O/c1-10-5-4-6-11(9-23-2)16(10,25-3)13-7-12(17(18,19)20)8-14(24-22)15(13)21/h7-8,10-11,23-24H,4-6,9,21-22H2,1-3H3. The van der Waals surface area contributed by atoms with Gasteiger partial charge in [-0.1, -0.05) is 13.3 Å². The Balaban J connectivity index is 2.73. The Kier molecular flexibility index (Phi) is 5.86. The number of hydrogen-bond acceptors (Lipinski definition) is 5. The molecule has 3 unspecified atom stereocenters. The Morgan fingerprint density at radius 1 is 1.32 bits per heavy atom. The molecule has 5 nitrogen and oxygen atoms in total. The van der Waals surface area contributed by atoms with E-state index in [1.54, 1.807) is 7.11 Å². The smallest absolute Gasteiger partial charge is 0.397 e. The zero-order chi connectivity index (χ0) is 18.8. The molecule has 1 aromatic rings. The number of rotatable bonds is 5. The molecule has 1 saturated carbocycles. The van der Waals surface area contributed by atoms with Gasteiger partial charge in [-0.25, -0.2) is 0 Å². The number of hydrogen-bond donors (Lipinski definition) is 4. The SMILES string of the molecule is CNCC1CCCC(C)C1(OC)c1cc(C(F)(F)F)cc(NN)c1N. The number of ether oxygens (including phenoxy) is 1. The zero-order valence-corrected chi connectivity index (χ0v) is 14.8. The lowest BCUT2D eigenvalue weighted by Gasteiger charge is -2.48. The highest BCUT2D eigenvalue weighted by Gasteiger charge is 2.49. The van der Waals surface area contributed by atoms with E-state index < -0.39 is 17.3 Å². The summed E-state index contributed by atoms with van der Waals surface area (Å²) in [4.78, 5) is 0. The van der Waals surface area contributed by atoms with Crippen molar-refractivity contribution < 1.29 is 17.9 Å². The summed E-state index contributed by atoms with van der Waals surface area (Å²) in [6, 6.07) is 2.05. The van der Waals surface area contributed by atoms with Crippen LogP contribution in [0.4, 0.5) is 24.5 Å². The highest BCUT2D eigenvalue weighted by atomic mass is 19.4. The number of halogens is 3. The monoisotopic (exact) mass is 360 g/mol. The molecule has 1 aliphatic carbocycles. The molecule has 1 aromatic carbocycles. The second-order valence-electron chi connectivity index (χ2n) is 6.71. The van der Waals surface area contributed by atoms with Crippen LogP contribution in [0.2, 0.25) is 0 Å². The van der Waals surface area contributed by atoms with Gasteiger partial charge in [0.1, 0.15) is 5.60 Å². The molecule has 142 valence electrons. The molecule has 8 heteroatoms. The van der Waals surface area contributed by atoms with Crippen molar-refractivity contribution in [2.24, 2.45) is 17.7 Å². The molecule has 0 bridgehead atoms. The van der Waals surface area contributed by atoms with E-state index in [1.165, 1.54) is 0 Å². The topological polar surface area (TPSA) is 85.3 Å². The van der Waals surface area contributed by atoms with Gasteiger partial charge in [0.25, 0.3) is 0 Å². The van der Waals surface area contributed by atoms with Crippen molar-refractivity contribution in [1.82, 2.24) is 5.32 Å². The first-order chi connectivity index (χ1) is 11.7. The predicted molar refractivity (Wildman–Crippen MR) is 92.8 cm³/mol. The van der Waals surface area contributed by atoms with Gasteiger partial charge in [0.2, 0.25) is 0 Å². The zero-order valence-electron chi connectivity index (χ0n) is 14.8. The third-order valence-corrected chi connectivity index (χ3v) is 5.40. The second kappa shape index (κ2) is 7.39. The van der Waals surface area contributed by atoms with E-state index in [0.717, 1.165) is 31.4 Å². The van der Waals surface area contributed by atoms with Crippen LogP contribution in [0.25, 0.3) is 0 Å². The molecule has 2 rings (SSSR count). The third kappa shape index (κ3) is 3.43. The molecule has 25 heavy (non-hydrogen) atoms. The lowest BCUT2D eigenvalue weighted by molar-refractivity contribution is -0.139. The molecular weight excluding hydrogens is 333 g/mol. The van der Waals surface area contributed by atoms with E-state index in [2.05, 4.69) is 10.7 Å². The van der Waals surface area contributed by atoms with Gasteiger partial charge in [-0.05, 0) is 37.9 Å². The Hall–Kier alpha value is -1.51. The Labute approximate surface area is 146 Å². The van der Waals surface area contributed by atoms with Crippen LogP contribution in [0.15, 0.2) is 12.1 Å². The van der Waals surface area contributed by atoms with Gasteiger partial charge in [0.15, 0.2) is 0 Å². The fourth-order valence-electron chi connectivity index (χ4n) is 4.22. The molecule has 0 radical (unpaired) electrons. The van der Waals surface area contributed by atoms with Crippen LogP contribution in [0.1, 0.15) is 37.3 Å². The Bertz CT molecular complexity index is 606. The van der Waals surface area contributed by atoms with Crippen LogP contribution in [0.3, 0.4) is 0 Å². The summed E-state index contributed by atoms with van der Waals surface area (Å²) in [5, 5.41) is 3.13. The van der Waals surface area contributed by atoms with Crippen LogP contribution in [-0.4, -0.2) is 20.7 Å². The lowest BCUT2D eigenvalue weighted by atomic mass is 9.64. The lowest BCUT2D eigenvalue weighted by Crippen LogP contribution is -2.49. The van der Waals surface area contributed by atoms with Gasteiger partial charge in [0.05, 0.1) is 16.9 Å². The van der Waals surface area contributed by atoms with Crippen LogP contribution in [-0.2, 0) is 16.5 Å². The Morgan fingerprint density at radius 3 is 2.52 bits per heavy atom. The molecule has 0 spiro atoms. The summed E-state index contributed by atoms with van der Waals surface area (Å²) in [6.07, 6.45) is -1.80. The van der Waals surface area contributed by atoms with E-state index in [-0.39, 0.29) is 23.2 Å². The van der Waals surface area contributed by atoms with Gasteiger partial charge in [-0.3, -0.25) is 5.84 Å². The number of alkyl halides is 3. The maximum atomic E-state index is 13.4. The first kappa shape index (κ1) is 19.8. The highest BCUT2D eigenvalue weighted by Crippen LogP contribution is 2.51. The van der Waals surface area contributed by atoms with Crippen LogP contribution in [0, 0.1) is 11.8 Å². The normalized spacial score (nSPS) is 27.3. The van der Waals surface area contributed by atoms with E-state index in [9.17, 15) is 13.2 Å². The van der Waals surface area contributed by atoms with Gasteiger partial charge in [-0.2, -0.15) is 13.2 Å². The van der Waals surface area contributed by atoms with Gasteiger partial charge in [0, 0.05) is 25.1 Å². The van der Waals surface area contributed by atoms with Crippen molar-refractivity contribution in [3.8, 4) is 0 Å². The first-order valence-corrected chi connectivity index (χ1v) is 8.39. The summed E-state index contributed by atoms with van der Waals surface area (Å²) in [5.41, 5.74) is 7.42. The molecule has 0 amide bonds. The fourth-order valence-corrected chi connectivity index (χ4v) is 4.22. The van der Waals surface area contributed by atoms with Crippen LogP contribution < -0.4 is 22.3 Å². The van der Waals surface area contributed by atoms with Crippen LogP contribution in [0.5, 0.6) is 0 Å². The van der Waals surface area contributed by atoms with Crippen LogP contribution >= 0.6 is 0 Å². The van der Waals surface area contributed by atoms with Crippen molar-refractivity contribution >= 4 is 11.4 Å². The van der Waals surface area contributed by atoms with Crippen molar-refractivity contribution in [1.29, 1.82) is 0 Å². The van der Waals surface area contributed by atoms with E-state index in [1.807, 2.05) is 14.0 Å². The van der Waals surface area contributed by atoms with Crippen molar-refractivity contribution in [2.45, 2.75) is 38.0 Å². The minimum absolute atomic E-state index is 0.00246. The number of nitrogens with two attached hydrogens (primary N) is 2. The minimum Gasteiger partial charge on any atom is -0.397 e. The minimum atomic E-state index is -4.50. The summed E-state index contributed by atoms with van der Waals surface area (Å²) in [7, 11) is 3.36. The van der Waals surface area contributed by atoms with E-state index in [0.29, 0.717) is 12.1 Å². The van der Waals surface area contributed by atoms with Crippen molar-refractivity contribution in [3.63, 3.8) is 0 Å². The molecule has 0 heterocycles. The molecule has 3 atom stereocenters. The van der Waals surface area contributed by atoms with Gasteiger partial charge < -0.3 is 21.2 Å². The van der Waals surface area contributed by atoms with E-state index in [4.69, 9.17) is 16.3 Å². The number of anilines is 2. The maximum Gasteiger partial charge on any atom is 0.416 e. The van der Waals surface area contributed by atoms with Gasteiger partial charge >= 0.3 is 6.18 Å². The average molecular weight is 360 g/mol.